The molecule has 0 fully saturated rings. The van der Waals surface area contributed by atoms with Crippen molar-refractivity contribution in [2.45, 2.75) is 34.1 Å². The topological polar surface area (TPSA) is 30.5 Å². The van der Waals surface area contributed by atoms with Gasteiger partial charge < -0.3 is 14.8 Å². The van der Waals surface area contributed by atoms with E-state index in [-0.39, 0.29) is 0 Å². The van der Waals surface area contributed by atoms with Crippen LogP contribution in [0.5, 0.6) is 0 Å². The van der Waals surface area contributed by atoms with Crippen LogP contribution < -0.4 is 5.32 Å². The van der Waals surface area contributed by atoms with Gasteiger partial charge >= 0.3 is 0 Å². The Labute approximate surface area is 107 Å². The summed E-state index contributed by atoms with van der Waals surface area (Å²) in [6, 6.07) is 0. The Morgan fingerprint density at radius 2 is 1.65 bits per heavy atom. The van der Waals surface area contributed by atoms with Gasteiger partial charge in [-0.2, -0.15) is 0 Å². The molecule has 104 valence electrons. The highest BCUT2D eigenvalue weighted by Crippen LogP contribution is 2.14. The van der Waals surface area contributed by atoms with Crippen LogP contribution in [0.15, 0.2) is 0 Å². The van der Waals surface area contributed by atoms with Crippen molar-refractivity contribution in [2.24, 2.45) is 17.8 Å². The Morgan fingerprint density at radius 3 is 2.18 bits per heavy atom. The molecular weight excluding hydrogens is 214 g/mol. The summed E-state index contributed by atoms with van der Waals surface area (Å²) in [7, 11) is 1.70. The van der Waals surface area contributed by atoms with Crippen molar-refractivity contribution in [1.29, 1.82) is 0 Å². The Morgan fingerprint density at radius 1 is 0.941 bits per heavy atom. The standard InChI is InChI=1S/C14H31NO2/c1-12(2)10-15-11-14(13(3)4)6-7-17-9-8-16-5/h12-15H,6-11H2,1-5H3. The third-order valence-electron chi connectivity index (χ3n) is 2.97. The smallest absolute Gasteiger partial charge is 0.0700 e. The number of hydrogen-bond donors (Lipinski definition) is 1. The summed E-state index contributed by atoms with van der Waals surface area (Å²) in [4.78, 5) is 0. The molecule has 0 aliphatic rings. The summed E-state index contributed by atoms with van der Waals surface area (Å²) in [6.45, 7) is 13.5. The first-order chi connectivity index (χ1) is 8.07. The van der Waals surface area contributed by atoms with Crippen molar-refractivity contribution in [3.8, 4) is 0 Å². The van der Waals surface area contributed by atoms with E-state index in [2.05, 4.69) is 33.0 Å². The minimum absolute atomic E-state index is 0.692. The maximum absolute atomic E-state index is 5.53. The van der Waals surface area contributed by atoms with E-state index in [4.69, 9.17) is 9.47 Å². The summed E-state index contributed by atoms with van der Waals surface area (Å²) in [6.07, 6.45) is 1.13. The zero-order valence-corrected chi connectivity index (χ0v) is 12.3. The van der Waals surface area contributed by atoms with Crippen molar-refractivity contribution < 1.29 is 9.47 Å². The summed E-state index contributed by atoms with van der Waals surface area (Å²) < 4.78 is 10.5. The molecule has 0 aliphatic carbocycles. The second kappa shape index (κ2) is 11.0. The van der Waals surface area contributed by atoms with E-state index in [9.17, 15) is 0 Å². The molecule has 0 radical (unpaired) electrons. The Kier molecular flexibility index (Phi) is 10.9. The van der Waals surface area contributed by atoms with Gasteiger partial charge in [0.25, 0.3) is 0 Å². The summed E-state index contributed by atoms with van der Waals surface area (Å²) >= 11 is 0. The molecule has 3 heteroatoms. The van der Waals surface area contributed by atoms with E-state index < -0.39 is 0 Å². The highest BCUT2D eigenvalue weighted by Gasteiger charge is 2.12. The summed E-state index contributed by atoms with van der Waals surface area (Å²) in [5.41, 5.74) is 0. The maximum Gasteiger partial charge on any atom is 0.0700 e. The van der Waals surface area contributed by atoms with Gasteiger partial charge in [0.1, 0.15) is 0 Å². The molecule has 1 atom stereocenters. The first-order valence-electron chi connectivity index (χ1n) is 6.85. The van der Waals surface area contributed by atoms with Crippen LogP contribution in [0.1, 0.15) is 34.1 Å². The summed E-state index contributed by atoms with van der Waals surface area (Å²) in [5, 5.41) is 3.54. The number of nitrogens with one attached hydrogen (secondary N) is 1. The van der Waals surface area contributed by atoms with E-state index >= 15 is 0 Å². The Bertz CT molecular complexity index is 160. The largest absolute Gasteiger partial charge is 0.382 e. The zero-order chi connectivity index (χ0) is 13.1. The van der Waals surface area contributed by atoms with Crippen LogP contribution in [-0.4, -0.2) is 40.0 Å². The van der Waals surface area contributed by atoms with Gasteiger partial charge in [-0.05, 0) is 37.3 Å². The molecule has 0 aromatic rings. The lowest BCUT2D eigenvalue weighted by molar-refractivity contribution is 0.0606. The lowest BCUT2D eigenvalue weighted by Crippen LogP contribution is -2.30. The SMILES string of the molecule is COCCOCCC(CNCC(C)C)C(C)C. The molecule has 1 unspecified atom stereocenters. The fourth-order valence-corrected chi connectivity index (χ4v) is 1.71. The highest BCUT2D eigenvalue weighted by atomic mass is 16.5. The normalized spacial score (nSPS) is 13.6. The Balaban J connectivity index is 3.60. The lowest BCUT2D eigenvalue weighted by atomic mass is 9.92. The molecule has 3 nitrogen and oxygen atoms in total. The molecule has 0 aliphatic heterocycles. The van der Waals surface area contributed by atoms with Crippen LogP contribution in [0.3, 0.4) is 0 Å². The van der Waals surface area contributed by atoms with E-state index in [1.165, 1.54) is 0 Å². The van der Waals surface area contributed by atoms with Gasteiger partial charge in [-0.25, -0.2) is 0 Å². The minimum atomic E-state index is 0.692. The van der Waals surface area contributed by atoms with E-state index in [0.29, 0.717) is 25.0 Å². The van der Waals surface area contributed by atoms with Crippen LogP contribution in [-0.2, 0) is 9.47 Å². The van der Waals surface area contributed by atoms with Crippen LogP contribution >= 0.6 is 0 Å². The molecule has 1 N–H and O–H groups in total. The second-order valence-corrected chi connectivity index (χ2v) is 5.45. The highest BCUT2D eigenvalue weighted by molar-refractivity contribution is 4.66. The maximum atomic E-state index is 5.53. The van der Waals surface area contributed by atoms with Gasteiger partial charge in [-0.3, -0.25) is 0 Å². The van der Waals surface area contributed by atoms with Crippen molar-refractivity contribution in [3.63, 3.8) is 0 Å². The number of ether oxygens (including phenoxy) is 2. The average Bonchev–Trinajstić information content (AvgIpc) is 2.25. The fourth-order valence-electron chi connectivity index (χ4n) is 1.71. The van der Waals surface area contributed by atoms with Crippen LogP contribution in [0.4, 0.5) is 0 Å². The minimum Gasteiger partial charge on any atom is -0.382 e. The molecule has 0 amide bonds. The monoisotopic (exact) mass is 245 g/mol. The molecule has 0 aromatic carbocycles. The first-order valence-corrected chi connectivity index (χ1v) is 6.85. The van der Waals surface area contributed by atoms with Gasteiger partial charge in [-0.1, -0.05) is 27.7 Å². The second-order valence-electron chi connectivity index (χ2n) is 5.45. The molecular formula is C14H31NO2. The van der Waals surface area contributed by atoms with Gasteiger partial charge in [0.15, 0.2) is 0 Å². The van der Waals surface area contributed by atoms with Crippen LogP contribution in [0.25, 0.3) is 0 Å². The fraction of sp³-hybridized carbons (Fsp3) is 1.00. The predicted molar refractivity (Wildman–Crippen MR) is 73.3 cm³/mol. The lowest BCUT2D eigenvalue weighted by Gasteiger charge is -2.22. The third kappa shape index (κ3) is 10.7. The summed E-state index contributed by atoms with van der Waals surface area (Å²) in [5.74, 6) is 2.14. The van der Waals surface area contributed by atoms with Gasteiger partial charge in [0, 0.05) is 13.7 Å². The van der Waals surface area contributed by atoms with E-state index in [1.54, 1.807) is 7.11 Å². The molecule has 0 saturated carbocycles. The Hall–Kier alpha value is -0.120. The molecule has 17 heavy (non-hydrogen) atoms. The average molecular weight is 245 g/mol. The molecule has 0 saturated heterocycles. The van der Waals surface area contributed by atoms with Crippen LogP contribution in [0, 0.1) is 17.8 Å². The molecule has 0 aromatic heterocycles. The van der Waals surface area contributed by atoms with Crippen LogP contribution in [0.2, 0.25) is 0 Å². The molecule has 0 rings (SSSR count). The zero-order valence-electron chi connectivity index (χ0n) is 12.3. The van der Waals surface area contributed by atoms with Gasteiger partial charge in [0.05, 0.1) is 13.2 Å². The first kappa shape index (κ1) is 16.9. The molecule has 0 heterocycles. The quantitative estimate of drug-likeness (QED) is 0.568. The van der Waals surface area contributed by atoms with Crippen molar-refractivity contribution in [3.05, 3.63) is 0 Å². The van der Waals surface area contributed by atoms with Gasteiger partial charge in [0.2, 0.25) is 0 Å². The molecule has 0 spiro atoms. The number of methoxy groups -OCH3 is 1. The number of hydrogen-bond acceptors (Lipinski definition) is 3. The van der Waals surface area contributed by atoms with Gasteiger partial charge in [-0.15, -0.1) is 0 Å². The van der Waals surface area contributed by atoms with E-state index in [1.807, 2.05) is 0 Å². The third-order valence-corrected chi connectivity index (χ3v) is 2.97. The molecule has 0 bridgehead atoms. The predicted octanol–water partition coefficient (Wildman–Crippen LogP) is 2.56. The van der Waals surface area contributed by atoms with E-state index in [0.717, 1.165) is 32.0 Å². The van der Waals surface area contributed by atoms with Crippen molar-refractivity contribution >= 4 is 0 Å². The van der Waals surface area contributed by atoms with Crippen molar-refractivity contribution in [2.75, 3.05) is 40.0 Å². The number of rotatable bonds is 11. The van der Waals surface area contributed by atoms with Crippen molar-refractivity contribution in [1.82, 2.24) is 5.32 Å².